The third-order valence-corrected chi connectivity index (χ3v) is 3.64. The van der Waals surface area contributed by atoms with Gasteiger partial charge in [0.1, 0.15) is 5.82 Å². The summed E-state index contributed by atoms with van der Waals surface area (Å²) >= 11 is 6.34. The third-order valence-electron chi connectivity index (χ3n) is 2.45. The monoisotopic (exact) mass is 309 g/mol. The maximum atomic E-state index is 13.6. The van der Waals surface area contributed by atoms with Gasteiger partial charge in [-0.25, -0.2) is 9.18 Å². The molecule has 0 atom stereocenters. The fraction of sp³-hybridized carbons (Fsp3) is 0.143. The van der Waals surface area contributed by atoms with Crippen molar-refractivity contribution in [2.24, 2.45) is 0 Å². The maximum Gasteiger partial charge on any atom is 0.332 e. The van der Waals surface area contributed by atoms with Gasteiger partial charge in [-0.15, -0.1) is 11.3 Å². The number of ether oxygens (including phenoxy) is 1. The Morgan fingerprint density at radius 3 is 2.95 bits per heavy atom. The summed E-state index contributed by atoms with van der Waals surface area (Å²) in [6.07, 6.45) is 2.97. The van der Waals surface area contributed by atoms with Crippen molar-refractivity contribution in [3.8, 4) is 0 Å². The second-order valence-corrected chi connectivity index (χ2v) is 5.57. The van der Waals surface area contributed by atoms with Crippen LogP contribution in [0.2, 0.25) is 0 Å². The Balaban J connectivity index is 2.56. The minimum Gasteiger partial charge on any atom is -0.463 e. The Kier molecular flexibility index (Phi) is 4.81. The number of aromatic amines is 1. The van der Waals surface area contributed by atoms with E-state index < -0.39 is 5.97 Å². The van der Waals surface area contributed by atoms with Crippen LogP contribution in [0.15, 0.2) is 24.3 Å². The molecule has 6 heteroatoms. The van der Waals surface area contributed by atoms with E-state index in [0.29, 0.717) is 26.0 Å². The molecular weight excluding hydrogens is 297 g/mol. The lowest BCUT2D eigenvalue weighted by molar-refractivity contribution is -0.135. The van der Waals surface area contributed by atoms with Crippen LogP contribution in [0.3, 0.4) is 0 Å². The number of rotatable bonds is 3. The Morgan fingerprint density at radius 2 is 2.25 bits per heavy atom. The molecule has 1 aromatic heterocycles. The summed E-state index contributed by atoms with van der Waals surface area (Å²) in [4.78, 5) is 14.4. The van der Waals surface area contributed by atoms with Crippen LogP contribution in [0.4, 0.5) is 4.39 Å². The highest BCUT2D eigenvalue weighted by Gasteiger charge is 2.00. The number of carbonyl (C=O) groups is 1. The highest BCUT2D eigenvalue weighted by molar-refractivity contribution is 7.73. The van der Waals surface area contributed by atoms with Gasteiger partial charge in [-0.05, 0) is 31.3 Å². The zero-order chi connectivity index (χ0) is 14.5. The molecule has 0 unspecified atom stereocenters. The van der Waals surface area contributed by atoms with Crippen molar-refractivity contribution in [3.05, 3.63) is 49.5 Å². The molecule has 1 N–H and O–H groups in total. The molecule has 1 heterocycles. The minimum atomic E-state index is -0.459. The largest absolute Gasteiger partial charge is 0.463 e. The van der Waals surface area contributed by atoms with Gasteiger partial charge in [0.25, 0.3) is 0 Å². The van der Waals surface area contributed by atoms with E-state index in [-0.39, 0.29) is 5.82 Å². The normalized spacial score (nSPS) is 12.7. The first-order valence-electron chi connectivity index (χ1n) is 5.94. The average Bonchev–Trinajstić information content (AvgIpc) is 2.72. The molecule has 3 nitrogen and oxygen atoms in total. The van der Waals surface area contributed by atoms with Crippen molar-refractivity contribution in [1.82, 2.24) is 4.98 Å². The second-order valence-electron chi connectivity index (χ2n) is 3.85. The zero-order valence-electron chi connectivity index (χ0n) is 10.7. The van der Waals surface area contributed by atoms with E-state index in [4.69, 9.17) is 17.0 Å². The van der Waals surface area contributed by atoms with Crippen LogP contribution in [0.5, 0.6) is 0 Å². The molecule has 0 aliphatic carbocycles. The molecule has 0 fully saturated rings. The number of H-pyrrole nitrogens is 1. The quantitative estimate of drug-likeness (QED) is 0.697. The van der Waals surface area contributed by atoms with Crippen molar-refractivity contribution in [1.29, 1.82) is 0 Å². The van der Waals surface area contributed by atoms with Gasteiger partial charge in [0, 0.05) is 11.6 Å². The Bertz CT molecular complexity index is 792. The van der Waals surface area contributed by atoms with E-state index in [1.807, 2.05) is 0 Å². The van der Waals surface area contributed by atoms with E-state index in [2.05, 4.69) is 4.98 Å². The van der Waals surface area contributed by atoms with E-state index >= 15 is 0 Å². The van der Waals surface area contributed by atoms with Crippen LogP contribution in [0, 0.1) is 9.77 Å². The molecule has 0 aliphatic heterocycles. The SMILES string of the molecule is CCOC(=O)/C=c1\[nH]c(=S)s\c1=C/c1ccccc1F. The van der Waals surface area contributed by atoms with Crippen LogP contribution in [-0.4, -0.2) is 17.6 Å². The molecule has 2 rings (SSSR count). The fourth-order valence-corrected chi connectivity index (χ4v) is 2.75. The van der Waals surface area contributed by atoms with E-state index in [1.54, 1.807) is 31.2 Å². The highest BCUT2D eigenvalue weighted by Crippen LogP contribution is 2.06. The van der Waals surface area contributed by atoms with Gasteiger partial charge >= 0.3 is 5.97 Å². The minimum absolute atomic E-state index is 0.298. The molecule has 0 aliphatic rings. The van der Waals surface area contributed by atoms with Crippen molar-refractivity contribution in [2.75, 3.05) is 6.61 Å². The summed E-state index contributed by atoms with van der Waals surface area (Å²) in [6.45, 7) is 2.03. The fourth-order valence-electron chi connectivity index (χ4n) is 1.60. The molecular formula is C14H12FNO2S2. The first-order valence-corrected chi connectivity index (χ1v) is 7.16. The molecule has 0 saturated carbocycles. The maximum absolute atomic E-state index is 13.6. The van der Waals surface area contributed by atoms with Gasteiger partial charge in [-0.2, -0.15) is 0 Å². The van der Waals surface area contributed by atoms with Crippen LogP contribution in [-0.2, 0) is 9.53 Å². The molecule has 0 saturated heterocycles. The van der Waals surface area contributed by atoms with Gasteiger partial charge in [-0.3, -0.25) is 0 Å². The summed E-state index contributed by atoms with van der Waals surface area (Å²) in [5.74, 6) is -0.784. The third kappa shape index (κ3) is 3.61. The van der Waals surface area contributed by atoms with Crippen LogP contribution >= 0.6 is 23.6 Å². The molecule has 0 spiro atoms. The van der Waals surface area contributed by atoms with E-state index in [0.717, 1.165) is 0 Å². The summed E-state index contributed by atoms with van der Waals surface area (Å²) in [5, 5.41) is 0.529. The van der Waals surface area contributed by atoms with Gasteiger partial charge < -0.3 is 9.72 Å². The number of hydrogen-bond donors (Lipinski definition) is 1. The summed E-state index contributed by atoms with van der Waals surface area (Å²) in [7, 11) is 0. The van der Waals surface area contributed by atoms with Crippen LogP contribution < -0.4 is 9.88 Å². The lowest BCUT2D eigenvalue weighted by atomic mass is 10.2. The number of esters is 1. The topological polar surface area (TPSA) is 42.1 Å². The van der Waals surface area contributed by atoms with Gasteiger partial charge in [0.2, 0.25) is 0 Å². The molecule has 20 heavy (non-hydrogen) atoms. The number of thiazole rings is 1. The number of carbonyl (C=O) groups excluding carboxylic acids is 1. The first-order chi connectivity index (χ1) is 9.60. The van der Waals surface area contributed by atoms with Crippen molar-refractivity contribution >= 4 is 41.7 Å². The first kappa shape index (κ1) is 14.6. The second kappa shape index (κ2) is 6.58. The summed E-state index contributed by atoms with van der Waals surface area (Å²) in [5.41, 5.74) is 0.441. The molecule has 1 aromatic carbocycles. The Labute approximate surface area is 124 Å². The number of halogens is 1. The summed E-state index contributed by atoms with van der Waals surface area (Å²) in [6, 6.07) is 6.41. The lowest BCUT2D eigenvalue weighted by Gasteiger charge is -1.94. The molecule has 104 valence electrons. The van der Waals surface area contributed by atoms with Crippen molar-refractivity contribution in [2.45, 2.75) is 6.92 Å². The molecule has 2 aromatic rings. The van der Waals surface area contributed by atoms with Crippen LogP contribution in [0.25, 0.3) is 12.2 Å². The van der Waals surface area contributed by atoms with E-state index in [9.17, 15) is 9.18 Å². The lowest BCUT2D eigenvalue weighted by Crippen LogP contribution is -2.23. The zero-order valence-corrected chi connectivity index (χ0v) is 12.3. The van der Waals surface area contributed by atoms with Crippen molar-refractivity contribution in [3.63, 3.8) is 0 Å². The smallest absolute Gasteiger partial charge is 0.332 e. The number of aromatic nitrogens is 1. The highest BCUT2D eigenvalue weighted by atomic mass is 32.1. The van der Waals surface area contributed by atoms with Crippen LogP contribution in [0.1, 0.15) is 12.5 Å². The standard InChI is InChI=1S/C14H12FNO2S2/c1-2-18-13(17)8-11-12(20-14(19)16-11)7-9-5-3-4-6-10(9)15/h3-8H,2H2,1H3,(H,16,19)/b11-8-,12-7-. The average molecular weight is 309 g/mol. The molecule has 0 bridgehead atoms. The summed E-state index contributed by atoms with van der Waals surface area (Å²) < 4.78 is 19.7. The Morgan fingerprint density at radius 1 is 1.50 bits per heavy atom. The van der Waals surface area contributed by atoms with Gasteiger partial charge in [0.05, 0.1) is 16.5 Å². The number of hydrogen-bond acceptors (Lipinski definition) is 4. The number of nitrogens with one attached hydrogen (secondary N) is 1. The predicted octanol–water partition coefficient (Wildman–Crippen LogP) is 2.12. The Hall–Kier alpha value is -1.79. The predicted molar refractivity (Wildman–Crippen MR) is 79.8 cm³/mol. The van der Waals surface area contributed by atoms with Gasteiger partial charge in [-0.1, -0.05) is 18.2 Å². The number of benzene rings is 1. The van der Waals surface area contributed by atoms with E-state index in [1.165, 1.54) is 23.5 Å². The van der Waals surface area contributed by atoms with Crippen molar-refractivity contribution < 1.29 is 13.9 Å². The van der Waals surface area contributed by atoms with Gasteiger partial charge in [0.15, 0.2) is 3.95 Å². The molecule has 0 amide bonds. The molecule has 0 radical (unpaired) electrons.